The zero-order chi connectivity index (χ0) is 23.7. The van der Waals surface area contributed by atoms with Crippen LogP contribution in [0.4, 0.5) is 0 Å². The van der Waals surface area contributed by atoms with Crippen molar-refractivity contribution in [1.82, 2.24) is 4.90 Å². The van der Waals surface area contributed by atoms with Gasteiger partial charge in [-0.3, -0.25) is 9.59 Å². The second kappa shape index (κ2) is 9.31. The van der Waals surface area contributed by atoms with Gasteiger partial charge in [-0.05, 0) is 55.3 Å². The van der Waals surface area contributed by atoms with Gasteiger partial charge in [0.2, 0.25) is 5.78 Å². The van der Waals surface area contributed by atoms with Crippen LogP contribution in [-0.4, -0.2) is 42.0 Å². The van der Waals surface area contributed by atoms with Crippen molar-refractivity contribution in [2.45, 2.75) is 26.3 Å². The zero-order valence-corrected chi connectivity index (χ0v) is 20.1. The number of hydrogen-bond donors (Lipinski definition) is 1. The Hall–Kier alpha value is -3.26. The van der Waals surface area contributed by atoms with Crippen LogP contribution >= 0.6 is 15.9 Å². The smallest absolute Gasteiger partial charge is 0.290 e. The highest BCUT2D eigenvalue weighted by molar-refractivity contribution is 9.10. The van der Waals surface area contributed by atoms with E-state index in [0.717, 1.165) is 9.86 Å². The Bertz CT molecular complexity index is 1260. The Morgan fingerprint density at radius 1 is 1.15 bits per heavy atom. The molecule has 1 aliphatic heterocycles. The Balaban J connectivity index is 1.81. The maximum atomic E-state index is 13.6. The first-order valence-corrected chi connectivity index (χ1v) is 11.5. The molecule has 2 heterocycles. The number of hydrogen-bond acceptors (Lipinski definition) is 6. The molecule has 1 amide bonds. The van der Waals surface area contributed by atoms with E-state index in [1.165, 1.54) is 12.0 Å². The van der Waals surface area contributed by atoms with E-state index in [9.17, 15) is 14.7 Å². The van der Waals surface area contributed by atoms with Gasteiger partial charge in [0.25, 0.3) is 5.91 Å². The maximum absolute atomic E-state index is 13.6. The molecule has 33 heavy (non-hydrogen) atoms. The average molecular weight is 514 g/mol. The maximum Gasteiger partial charge on any atom is 0.290 e. The molecule has 2 aromatic carbocycles. The fourth-order valence-corrected chi connectivity index (χ4v) is 4.47. The molecule has 1 N–H and O–H groups in total. The van der Waals surface area contributed by atoms with Crippen LogP contribution in [0.3, 0.4) is 0 Å². The summed E-state index contributed by atoms with van der Waals surface area (Å²) in [5, 5.41) is 11.5. The van der Waals surface area contributed by atoms with Gasteiger partial charge < -0.3 is 23.9 Å². The quantitative estimate of drug-likeness (QED) is 0.395. The molecule has 172 valence electrons. The molecule has 1 atom stereocenters. The number of furan rings is 1. The highest BCUT2D eigenvalue weighted by atomic mass is 79.9. The number of aliphatic hydroxyl groups is 1. The SMILES string of the molecule is CCCN1C(=O)C(O)=C(C(=O)c2cc3cc(Br)ccc3o2)C1c1ccc(OCC)c(OC)c1. The second-order valence-electron chi connectivity index (χ2n) is 7.63. The number of Topliss-reactive ketones (excluding diaryl/α,β-unsaturated/α-hetero) is 1. The molecule has 3 aromatic rings. The van der Waals surface area contributed by atoms with E-state index in [-0.39, 0.29) is 11.3 Å². The molecule has 0 aliphatic carbocycles. The Morgan fingerprint density at radius 2 is 1.94 bits per heavy atom. The number of halogens is 1. The molecule has 0 saturated heterocycles. The molecule has 0 radical (unpaired) electrons. The van der Waals surface area contributed by atoms with Gasteiger partial charge in [-0.1, -0.05) is 28.9 Å². The van der Waals surface area contributed by atoms with Gasteiger partial charge in [0, 0.05) is 16.4 Å². The van der Waals surface area contributed by atoms with Gasteiger partial charge in [0.05, 0.1) is 25.3 Å². The van der Waals surface area contributed by atoms with Crippen molar-refractivity contribution in [2.24, 2.45) is 0 Å². The number of benzene rings is 2. The van der Waals surface area contributed by atoms with Gasteiger partial charge in [-0.15, -0.1) is 0 Å². The summed E-state index contributed by atoms with van der Waals surface area (Å²) in [7, 11) is 1.52. The monoisotopic (exact) mass is 513 g/mol. The van der Waals surface area contributed by atoms with Crippen molar-refractivity contribution in [2.75, 3.05) is 20.3 Å². The zero-order valence-electron chi connectivity index (χ0n) is 18.6. The Morgan fingerprint density at radius 3 is 2.64 bits per heavy atom. The lowest BCUT2D eigenvalue weighted by molar-refractivity contribution is -0.129. The van der Waals surface area contributed by atoms with Crippen LogP contribution in [0.5, 0.6) is 11.5 Å². The van der Waals surface area contributed by atoms with E-state index in [0.29, 0.717) is 42.2 Å². The number of nitrogens with zero attached hydrogens (tertiary/aromatic N) is 1. The largest absolute Gasteiger partial charge is 0.503 e. The minimum Gasteiger partial charge on any atom is -0.503 e. The normalized spacial score (nSPS) is 16.1. The standard InChI is InChI=1S/C25H24BrNO6/c1-4-10-27-22(14-6-8-18(32-5-2)19(12-14)31-3)21(24(29)25(27)30)23(28)20-13-15-11-16(26)7-9-17(15)33-20/h6-9,11-13,22,29H,4-5,10H2,1-3H3. The van der Waals surface area contributed by atoms with E-state index in [2.05, 4.69) is 15.9 Å². The first-order chi connectivity index (χ1) is 15.9. The van der Waals surface area contributed by atoms with Crippen molar-refractivity contribution >= 4 is 38.6 Å². The van der Waals surface area contributed by atoms with E-state index < -0.39 is 23.5 Å². The summed E-state index contributed by atoms with van der Waals surface area (Å²) < 4.78 is 17.7. The minimum absolute atomic E-state index is 0.0159. The van der Waals surface area contributed by atoms with Crippen LogP contribution in [0.2, 0.25) is 0 Å². The number of ketones is 1. The van der Waals surface area contributed by atoms with Gasteiger partial charge in [-0.25, -0.2) is 0 Å². The number of rotatable bonds is 8. The molecule has 0 fully saturated rings. The predicted molar refractivity (Wildman–Crippen MR) is 127 cm³/mol. The molecule has 0 saturated carbocycles. The third kappa shape index (κ3) is 4.11. The number of carbonyl (C=O) groups excluding carboxylic acids is 2. The van der Waals surface area contributed by atoms with Crippen LogP contribution in [0.1, 0.15) is 42.4 Å². The number of amides is 1. The molecular weight excluding hydrogens is 490 g/mol. The first kappa shape index (κ1) is 22.9. The first-order valence-electron chi connectivity index (χ1n) is 10.7. The fourth-order valence-electron chi connectivity index (χ4n) is 4.09. The average Bonchev–Trinajstić information content (AvgIpc) is 3.33. The highest BCUT2D eigenvalue weighted by Gasteiger charge is 2.44. The number of carbonyl (C=O) groups is 2. The summed E-state index contributed by atoms with van der Waals surface area (Å²) in [6, 6.07) is 11.5. The van der Waals surface area contributed by atoms with Crippen molar-refractivity contribution in [3.63, 3.8) is 0 Å². The van der Waals surface area contributed by atoms with Gasteiger partial charge >= 0.3 is 0 Å². The number of ether oxygens (including phenoxy) is 2. The molecule has 1 aromatic heterocycles. The van der Waals surface area contributed by atoms with Crippen molar-refractivity contribution in [3.05, 3.63) is 69.6 Å². The summed E-state index contributed by atoms with van der Waals surface area (Å²) in [6.45, 7) is 4.63. The lowest BCUT2D eigenvalue weighted by Gasteiger charge is -2.26. The van der Waals surface area contributed by atoms with Crippen LogP contribution in [-0.2, 0) is 4.79 Å². The van der Waals surface area contributed by atoms with Gasteiger partial charge in [-0.2, -0.15) is 0 Å². The molecular formula is C25H24BrNO6. The number of aliphatic hydroxyl groups excluding tert-OH is 1. The summed E-state index contributed by atoms with van der Waals surface area (Å²) in [6.07, 6.45) is 0.657. The van der Waals surface area contributed by atoms with Crippen molar-refractivity contribution < 1.29 is 28.6 Å². The lowest BCUT2D eigenvalue weighted by Crippen LogP contribution is -2.31. The van der Waals surface area contributed by atoms with E-state index >= 15 is 0 Å². The summed E-state index contributed by atoms with van der Waals surface area (Å²) in [4.78, 5) is 28.0. The fraction of sp³-hybridized carbons (Fsp3) is 0.280. The van der Waals surface area contributed by atoms with E-state index in [4.69, 9.17) is 13.9 Å². The third-order valence-electron chi connectivity index (χ3n) is 5.52. The summed E-state index contributed by atoms with van der Waals surface area (Å²) in [5.41, 5.74) is 1.15. The number of fused-ring (bicyclic) bond motifs is 1. The highest BCUT2D eigenvalue weighted by Crippen LogP contribution is 2.42. The van der Waals surface area contributed by atoms with E-state index in [1.807, 2.05) is 26.0 Å². The Kier molecular flexibility index (Phi) is 6.47. The second-order valence-corrected chi connectivity index (χ2v) is 8.54. The molecule has 1 unspecified atom stereocenters. The van der Waals surface area contributed by atoms with Crippen LogP contribution in [0.15, 0.2) is 62.7 Å². The molecule has 7 nitrogen and oxygen atoms in total. The van der Waals surface area contributed by atoms with Crippen LogP contribution in [0, 0.1) is 0 Å². The molecule has 8 heteroatoms. The van der Waals surface area contributed by atoms with Gasteiger partial charge in [0.15, 0.2) is 23.0 Å². The van der Waals surface area contributed by atoms with Crippen molar-refractivity contribution in [3.8, 4) is 11.5 Å². The molecule has 0 bridgehead atoms. The van der Waals surface area contributed by atoms with Crippen molar-refractivity contribution in [1.29, 1.82) is 0 Å². The predicted octanol–water partition coefficient (Wildman–Crippen LogP) is 5.59. The van der Waals surface area contributed by atoms with Crippen LogP contribution < -0.4 is 9.47 Å². The van der Waals surface area contributed by atoms with Gasteiger partial charge in [0.1, 0.15) is 5.58 Å². The summed E-state index contributed by atoms with van der Waals surface area (Å²) in [5.74, 6) is -0.600. The molecule has 1 aliphatic rings. The van der Waals surface area contributed by atoms with E-state index in [1.54, 1.807) is 30.3 Å². The molecule has 0 spiro atoms. The topological polar surface area (TPSA) is 89.2 Å². The molecule has 4 rings (SSSR count). The summed E-state index contributed by atoms with van der Waals surface area (Å²) >= 11 is 3.41. The Labute approximate surface area is 199 Å². The van der Waals surface area contributed by atoms with Crippen LogP contribution in [0.25, 0.3) is 11.0 Å². The number of methoxy groups -OCH3 is 1. The lowest BCUT2D eigenvalue weighted by atomic mass is 9.94. The third-order valence-corrected chi connectivity index (χ3v) is 6.01. The minimum atomic E-state index is -0.783.